The number of ether oxygens (including phenoxy) is 1. The Hall–Kier alpha value is -3.82. The van der Waals surface area contributed by atoms with Crippen LogP contribution in [0.1, 0.15) is 40.6 Å². The first-order valence-corrected chi connectivity index (χ1v) is 12.7. The second kappa shape index (κ2) is 10.0. The third kappa shape index (κ3) is 4.80. The molecule has 0 saturated heterocycles. The summed E-state index contributed by atoms with van der Waals surface area (Å²) in [5, 5.41) is 4.51. The van der Waals surface area contributed by atoms with E-state index in [2.05, 4.69) is 71.0 Å². The molecule has 1 heterocycles. The Morgan fingerprint density at radius 2 is 1.75 bits per heavy atom. The minimum absolute atomic E-state index is 0.303. The van der Waals surface area contributed by atoms with Gasteiger partial charge in [-0.15, -0.1) is 0 Å². The zero-order chi connectivity index (χ0) is 24.3. The van der Waals surface area contributed by atoms with E-state index in [1.165, 1.54) is 16.8 Å². The molecule has 0 saturated carbocycles. The number of rotatable bonds is 6. The summed E-state index contributed by atoms with van der Waals surface area (Å²) < 4.78 is 5.87. The zero-order valence-electron chi connectivity index (χ0n) is 19.8. The normalized spacial score (nSPS) is 20.1. The fourth-order valence-corrected chi connectivity index (χ4v) is 5.45. The molecule has 4 aromatic carbocycles. The molecular formula is C32H27ClN2O. The van der Waals surface area contributed by atoms with Gasteiger partial charge in [0.05, 0.1) is 11.7 Å². The number of aliphatic imine (C=N–C) groups is 1. The summed E-state index contributed by atoms with van der Waals surface area (Å²) in [6.45, 7) is 0.486. The van der Waals surface area contributed by atoms with Crippen molar-refractivity contribution in [1.29, 1.82) is 0 Å². The van der Waals surface area contributed by atoms with Gasteiger partial charge in [-0.2, -0.15) is 0 Å². The van der Waals surface area contributed by atoms with Gasteiger partial charge in [-0.25, -0.2) is 0 Å². The van der Waals surface area contributed by atoms with E-state index in [-0.39, 0.29) is 0 Å². The number of halogens is 1. The number of nitrogens with one attached hydrogen (secondary N) is 1. The maximum Gasteiger partial charge on any atom is 0.119 e. The van der Waals surface area contributed by atoms with Gasteiger partial charge in [0.15, 0.2) is 0 Å². The molecule has 0 aromatic heterocycles. The van der Waals surface area contributed by atoms with Crippen LogP contribution in [-0.2, 0) is 6.61 Å². The minimum Gasteiger partial charge on any atom is -0.489 e. The molecule has 178 valence electrons. The summed E-state index contributed by atoms with van der Waals surface area (Å²) in [4.78, 5) is 4.68. The Kier molecular flexibility index (Phi) is 6.31. The monoisotopic (exact) mass is 490 g/mol. The number of para-hydroxylation sites is 1. The number of allylic oxidation sites excluding steroid dienone is 2. The van der Waals surface area contributed by atoms with Crippen LogP contribution in [-0.4, -0.2) is 6.21 Å². The number of anilines is 1. The van der Waals surface area contributed by atoms with Crippen molar-refractivity contribution in [1.82, 2.24) is 0 Å². The maximum absolute atomic E-state index is 6.04. The SMILES string of the molecule is Clc1cccc(COc2ccc(C=Nc3ccc([C@@H]4Nc5ccccc5[C@H]5C=CC[C@H]54)cc3)cc2)c1. The average Bonchev–Trinajstić information content (AvgIpc) is 3.42. The molecule has 4 heteroatoms. The molecule has 0 fully saturated rings. The van der Waals surface area contributed by atoms with Gasteiger partial charge >= 0.3 is 0 Å². The van der Waals surface area contributed by atoms with Crippen LogP contribution in [0.15, 0.2) is 114 Å². The van der Waals surface area contributed by atoms with Crippen molar-refractivity contribution in [3.63, 3.8) is 0 Å². The molecule has 1 N–H and O–H groups in total. The van der Waals surface area contributed by atoms with Crippen molar-refractivity contribution < 1.29 is 4.74 Å². The maximum atomic E-state index is 6.04. The minimum atomic E-state index is 0.303. The first kappa shape index (κ1) is 22.6. The lowest BCUT2D eigenvalue weighted by Gasteiger charge is -2.37. The van der Waals surface area contributed by atoms with Gasteiger partial charge < -0.3 is 10.1 Å². The predicted molar refractivity (Wildman–Crippen MR) is 149 cm³/mol. The van der Waals surface area contributed by atoms with Crippen molar-refractivity contribution in [2.45, 2.75) is 25.0 Å². The Balaban J connectivity index is 1.10. The van der Waals surface area contributed by atoms with Crippen molar-refractivity contribution >= 4 is 29.2 Å². The van der Waals surface area contributed by atoms with Gasteiger partial charge in [0.1, 0.15) is 12.4 Å². The average molecular weight is 491 g/mol. The number of fused-ring (bicyclic) bond motifs is 3. The molecule has 3 atom stereocenters. The van der Waals surface area contributed by atoms with Crippen LogP contribution in [0.25, 0.3) is 0 Å². The van der Waals surface area contributed by atoms with E-state index < -0.39 is 0 Å². The van der Waals surface area contributed by atoms with Gasteiger partial charge in [0.2, 0.25) is 0 Å². The third-order valence-corrected chi connectivity index (χ3v) is 7.30. The molecule has 0 unspecified atom stereocenters. The van der Waals surface area contributed by atoms with Crippen LogP contribution in [0.4, 0.5) is 11.4 Å². The van der Waals surface area contributed by atoms with E-state index in [0.717, 1.165) is 34.0 Å². The lowest BCUT2D eigenvalue weighted by atomic mass is 9.77. The molecule has 0 radical (unpaired) electrons. The van der Waals surface area contributed by atoms with E-state index in [1.54, 1.807) is 0 Å². The summed E-state index contributed by atoms with van der Waals surface area (Å²) in [5.41, 5.74) is 6.98. The van der Waals surface area contributed by atoms with E-state index in [1.807, 2.05) is 54.7 Å². The smallest absolute Gasteiger partial charge is 0.119 e. The number of hydrogen-bond donors (Lipinski definition) is 1. The molecule has 3 nitrogen and oxygen atoms in total. The Morgan fingerprint density at radius 1 is 0.917 bits per heavy atom. The van der Waals surface area contributed by atoms with Crippen LogP contribution in [0, 0.1) is 5.92 Å². The quantitative estimate of drug-likeness (QED) is 0.217. The second-order valence-corrected chi connectivity index (χ2v) is 9.84. The van der Waals surface area contributed by atoms with Gasteiger partial charge in [0, 0.05) is 22.8 Å². The molecule has 1 aliphatic heterocycles. The summed E-state index contributed by atoms with van der Waals surface area (Å²) in [6.07, 6.45) is 7.71. The Labute approximate surface area is 217 Å². The summed E-state index contributed by atoms with van der Waals surface area (Å²) in [7, 11) is 0. The van der Waals surface area contributed by atoms with Gasteiger partial charge in [-0.05, 0) is 89.2 Å². The van der Waals surface area contributed by atoms with Gasteiger partial charge in [-0.1, -0.05) is 66.2 Å². The first-order valence-electron chi connectivity index (χ1n) is 12.4. The molecule has 2 aliphatic rings. The van der Waals surface area contributed by atoms with Crippen LogP contribution in [0.5, 0.6) is 5.75 Å². The van der Waals surface area contributed by atoms with Crippen molar-refractivity contribution in [3.8, 4) is 5.75 Å². The van der Waals surface area contributed by atoms with Crippen molar-refractivity contribution in [2.75, 3.05) is 5.32 Å². The highest BCUT2D eigenvalue weighted by molar-refractivity contribution is 6.30. The second-order valence-electron chi connectivity index (χ2n) is 9.40. The third-order valence-electron chi connectivity index (χ3n) is 7.06. The summed E-state index contributed by atoms with van der Waals surface area (Å²) in [5.74, 6) is 1.86. The number of nitrogens with zero attached hydrogens (tertiary/aromatic N) is 1. The molecular weight excluding hydrogens is 464 g/mol. The largest absolute Gasteiger partial charge is 0.489 e. The first-order chi connectivity index (χ1) is 17.7. The molecule has 0 spiro atoms. The molecule has 4 aromatic rings. The molecule has 6 rings (SSSR count). The molecule has 0 bridgehead atoms. The van der Waals surface area contributed by atoms with E-state index in [9.17, 15) is 0 Å². The molecule has 1 aliphatic carbocycles. The van der Waals surface area contributed by atoms with Crippen LogP contribution < -0.4 is 10.1 Å². The fourth-order valence-electron chi connectivity index (χ4n) is 5.23. The van der Waals surface area contributed by atoms with E-state index in [0.29, 0.717) is 24.5 Å². The van der Waals surface area contributed by atoms with Crippen LogP contribution in [0.2, 0.25) is 5.02 Å². The highest BCUT2D eigenvalue weighted by Gasteiger charge is 2.37. The number of benzene rings is 4. The topological polar surface area (TPSA) is 33.6 Å². The van der Waals surface area contributed by atoms with Crippen molar-refractivity contribution in [3.05, 3.63) is 136 Å². The van der Waals surface area contributed by atoms with E-state index in [4.69, 9.17) is 16.3 Å². The Morgan fingerprint density at radius 3 is 2.58 bits per heavy atom. The number of hydrogen-bond acceptors (Lipinski definition) is 3. The summed E-state index contributed by atoms with van der Waals surface area (Å²) >= 11 is 6.04. The predicted octanol–water partition coefficient (Wildman–Crippen LogP) is 8.50. The van der Waals surface area contributed by atoms with Crippen LogP contribution >= 0.6 is 11.6 Å². The standard InChI is InChI=1S/C32H27ClN2O/c33-25-6-3-5-23(19-25)21-36-27-17-11-22(12-18-27)20-34-26-15-13-24(14-16-26)32-30-9-4-8-28(30)29-7-1-2-10-31(29)35-32/h1-8,10-20,28,30,32,35H,9,21H2/t28-,30-,32+/m1/s1. The van der Waals surface area contributed by atoms with Crippen LogP contribution in [0.3, 0.4) is 0 Å². The highest BCUT2D eigenvalue weighted by Crippen LogP contribution is 2.49. The Bertz CT molecular complexity index is 1410. The fraction of sp³-hybridized carbons (Fsp3) is 0.156. The lowest BCUT2D eigenvalue weighted by Crippen LogP contribution is -2.28. The molecule has 0 amide bonds. The zero-order valence-corrected chi connectivity index (χ0v) is 20.6. The van der Waals surface area contributed by atoms with E-state index >= 15 is 0 Å². The van der Waals surface area contributed by atoms with Crippen molar-refractivity contribution in [2.24, 2.45) is 10.9 Å². The van der Waals surface area contributed by atoms with Gasteiger partial charge in [-0.3, -0.25) is 4.99 Å². The molecule has 36 heavy (non-hydrogen) atoms. The highest BCUT2D eigenvalue weighted by atomic mass is 35.5. The summed E-state index contributed by atoms with van der Waals surface area (Å²) in [6, 6.07) is 33.3. The lowest BCUT2D eigenvalue weighted by molar-refractivity contribution is 0.306. The van der Waals surface area contributed by atoms with Gasteiger partial charge in [0.25, 0.3) is 0 Å².